The van der Waals surface area contributed by atoms with E-state index in [1.54, 1.807) is 0 Å². The fourth-order valence-corrected chi connectivity index (χ4v) is 1.94. The van der Waals surface area contributed by atoms with Crippen molar-refractivity contribution in [2.24, 2.45) is 0 Å². The number of para-hydroxylation sites is 1. The van der Waals surface area contributed by atoms with E-state index in [4.69, 9.17) is 0 Å². The van der Waals surface area contributed by atoms with E-state index in [0.717, 1.165) is 18.4 Å². The lowest BCUT2D eigenvalue weighted by Gasteiger charge is -2.30. The summed E-state index contributed by atoms with van der Waals surface area (Å²) in [4.78, 5) is 11.0. The van der Waals surface area contributed by atoms with Gasteiger partial charge in [-0.1, -0.05) is 35.9 Å². The molecule has 2 rings (SSSR count). The van der Waals surface area contributed by atoms with Gasteiger partial charge in [-0.2, -0.15) is 0 Å². The van der Waals surface area contributed by atoms with Crippen LogP contribution in [0.3, 0.4) is 0 Å². The van der Waals surface area contributed by atoms with Crippen LogP contribution >= 0.6 is 0 Å². The second kappa shape index (κ2) is 4.58. The van der Waals surface area contributed by atoms with Gasteiger partial charge in [0, 0.05) is 11.3 Å². The van der Waals surface area contributed by atoms with E-state index >= 15 is 0 Å². The summed E-state index contributed by atoms with van der Waals surface area (Å²) >= 11 is 0. The molecule has 0 aromatic heterocycles. The number of allylic oxidation sites excluding steroid dienone is 2. The first kappa shape index (κ1) is 11.6. The molecule has 0 saturated carbocycles. The highest BCUT2D eigenvalue weighted by Crippen LogP contribution is 2.26. The number of nitrogens with one attached hydrogen (secondary N) is 1. The zero-order valence-corrected chi connectivity index (χ0v) is 10.2. The van der Waals surface area contributed by atoms with Crippen LogP contribution in [0.1, 0.15) is 30.6 Å². The van der Waals surface area contributed by atoms with E-state index in [-0.39, 0.29) is 5.54 Å². The van der Waals surface area contributed by atoms with Crippen molar-refractivity contribution >= 4 is 12.0 Å². The van der Waals surface area contributed by atoms with Crippen LogP contribution in [0.15, 0.2) is 48.1 Å². The summed E-state index contributed by atoms with van der Waals surface area (Å²) in [5.41, 5.74) is 2.77. The van der Waals surface area contributed by atoms with Gasteiger partial charge < -0.3 is 5.32 Å². The highest BCUT2D eigenvalue weighted by molar-refractivity contribution is 5.84. The SMILES string of the molecule is CC1=CCC(C)(Nc2ccccc2C=O)C=C1. The number of rotatable bonds is 3. The zero-order chi connectivity index (χ0) is 12.3. The third kappa shape index (κ3) is 2.64. The molecule has 0 spiro atoms. The molecule has 2 heteroatoms. The van der Waals surface area contributed by atoms with Gasteiger partial charge in [0.25, 0.3) is 0 Å². The smallest absolute Gasteiger partial charge is 0.152 e. The summed E-state index contributed by atoms with van der Waals surface area (Å²) in [5.74, 6) is 0. The minimum absolute atomic E-state index is 0.112. The monoisotopic (exact) mass is 227 g/mol. The number of carbonyl (C=O) groups is 1. The van der Waals surface area contributed by atoms with Crippen molar-refractivity contribution < 1.29 is 4.79 Å². The Morgan fingerprint density at radius 1 is 1.35 bits per heavy atom. The quantitative estimate of drug-likeness (QED) is 0.800. The number of aldehydes is 1. The van der Waals surface area contributed by atoms with Crippen LogP contribution in [-0.2, 0) is 0 Å². The summed E-state index contributed by atoms with van der Waals surface area (Å²) in [6.07, 6.45) is 8.29. The maximum atomic E-state index is 11.0. The van der Waals surface area contributed by atoms with E-state index in [9.17, 15) is 4.79 Å². The van der Waals surface area contributed by atoms with Gasteiger partial charge in [-0.3, -0.25) is 4.79 Å². The van der Waals surface area contributed by atoms with Crippen LogP contribution in [0.25, 0.3) is 0 Å². The van der Waals surface area contributed by atoms with Gasteiger partial charge in [0.15, 0.2) is 6.29 Å². The molecule has 1 unspecified atom stereocenters. The Morgan fingerprint density at radius 3 is 2.76 bits per heavy atom. The lowest BCUT2D eigenvalue weighted by atomic mass is 9.90. The van der Waals surface area contributed by atoms with E-state index in [0.29, 0.717) is 5.56 Å². The van der Waals surface area contributed by atoms with Crippen LogP contribution in [0, 0.1) is 0 Å². The number of hydrogen-bond donors (Lipinski definition) is 1. The first-order chi connectivity index (χ1) is 8.13. The highest BCUT2D eigenvalue weighted by Gasteiger charge is 2.22. The molecule has 1 aromatic carbocycles. The van der Waals surface area contributed by atoms with Crippen LogP contribution in [0.2, 0.25) is 0 Å². The Morgan fingerprint density at radius 2 is 2.12 bits per heavy atom. The third-order valence-corrected chi connectivity index (χ3v) is 3.07. The zero-order valence-electron chi connectivity index (χ0n) is 10.2. The molecule has 0 radical (unpaired) electrons. The number of carbonyl (C=O) groups excluding carboxylic acids is 1. The molecule has 1 aliphatic rings. The second-order valence-electron chi connectivity index (χ2n) is 4.73. The van der Waals surface area contributed by atoms with Crippen molar-refractivity contribution in [2.45, 2.75) is 25.8 Å². The molecular formula is C15H17NO. The fraction of sp³-hybridized carbons (Fsp3) is 0.267. The first-order valence-corrected chi connectivity index (χ1v) is 5.81. The first-order valence-electron chi connectivity index (χ1n) is 5.81. The molecule has 17 heavy (non-hydrogen) atoms. The second-order valence-corrected chi connectivity index (χ2v) is 4.73. The normalized spacial score (nSPS) is 23.1. The standard InChI is InChI=1S/C15H17NO/c1-12-7-9-15(2,10-8-12)16-14-6-4-3-5-13(14)11-17/h3-9,11,16H,10H2,1-2H3. The van der Waals surface area contributed by atoms with Gasteiger partial charge in [-0.05, 0) is 32.4 Å². The minimum atomic E-state index is -0.112. The predicted molar refractivity (Wildman–Crippen MR) is 71.4 cm³/mol. The van der Waals surface area contributed by atoms with Gasteiger partial charge in [-0.25, -0.2) is 0 Å². The fourth-order valence-electron chi connectivity index (χ4n) is 1.94. The lowest BCUT2D eigenvalue weighted by molar-refractivity contribution is 0.112. The number of benzene rings is 1. The van der Waals surface area contributed by atoms with Crippen molar-refractivity contribution in [1.29, 1.82) is 0 Å². The predicted octanol–water partition coefficient (Wildman–Crippen LogP) is 3.58. The van der Waals surface area contributed by atoms with Gasteiger partial charge in [0.1, 0.15) is 0 Å². The Labute approximate surface area is 102 Å². The number of anilines is 1. The number of hydrogen-bond acceptors (Lipinski definition) is 2. The van der Waals surface area contributed by atoms with Crippen LogP contribution in [0.5, 0.6) is 0 Å². The molecule has 1 aliphatic carbocycles. The summed E-state index contributed by atoms with van der Waals surface area (Å²) in [5, 5.41) is 3.43. The molecule has 88 valence electrons. The minimum Gasteiger partial charge on any atom is -0.376 e. The van der Waals surface area contributed by atoms with E-state index in [1.807, 2.05) is 24.3 Å². The van der Waals surface area contributed by atoms with Crippen LogP contribution < -0.4 is 5.32 Å². The molecule has 1 aromatic rings. The molecule has 0 amide bonds. The van der Waals surface area contributed by atoms with Crippen molar-refractivity contribution in [2.75, 3.05) is 5.32 Å². The lowest BCUT2D eigenvalue weighted by Crippen LogP contribution is -2.33. The average molecular weight is 227 g/mol. The van der Waals surface area contributed by atoms with Crippen molar-refractivity contribution in [3.63, 3.8) is 0 Å². The summed E-state index contributed by atoms with van der Waals surface area (Å²) < 4.78 is 0. The third-order valence-electron chi connectivity index (χ3n) is 3.07. The molecule has 0 aliphatic heterocycles. The molecule has 2 nitrogen and oxygen atoms in total. The highest BCUT2D eigenvalue weighted by atomic mass is 16.1. The van der Waals surface area contributed by atoms with Gasteiger partial charge >= 0.3 is 0 Å². The Bertz CT molecular complexity index is 487. The molecule has 0 heterocycles. The molecule has 1 N–H and O–H groups in total. The van der Waals surface area contributed by atoms with E-state index < -0.39 is 0 Å². The van der Waals surface area contributed by atoms with Gasteiger partial charge in [-0.15, -0.1) is 0 Å². The van der Waals surface area contributed by atoms with Gasteiger partial charge in [0.05, 0.1) is 5.54 Å². The van der Waals surface area contributed by atoms with E-state index in [1.165, 1.54) is 5.57 Å². The maximum absolute atomic E-state index is 11.0. The van der Waals surface area contributed by atoms with Crippen molar-refractivity contribution in [3.8, 4) is 0 Å². The van der Waals surface area contributed by atoms with Gasteiger partial charge in [0.2, 0.25) is 0 Å². The summed E-state index contributed by atoms with van der Waals surface area (Å²) in [6.45, 7) is 4.23. The Hall–Kier alpha value is -1.83. The Balaban J connectivity index is 2.21. The van der Waals surface area contributed by atoms with Crippen molar-refractivity contribution in [1.82, 2.24) is 0 Å². The summed E-state index contributed by atoms with van der Waals surface area (Å²) in [6, 6.07) is 7.57. The van der Waals surface area contributed by atoms with Crippen molar-refractivity contribution in [3.05, 3.63) is 53.6 Å². The maximum Gasteiger partial charge on any atom is 0.152 e. The Kier molecular flexibility index (Phi) is 3.14. The van der Waals surface area contributed by atoms with Crippen LogP contribution in [-0.4, -0.2) is 11.8 Å². The topological polar surface area (TPSA) is 29.1 Å². The molecule has 0 bridgehead atoms. The van der Waals surface area contributed by atoms with E-state index in [2.05, 4.69) is 37.4 Å². The van der Waals surface area contributed by atoms with Crippen LogP contribution in [0.4, 0.5) is 5.69 Å². The summed E-state index contributed by atoms with van der Waals surface area (Å²) in [7, 11) is 0. The molecule has 0 saturated heterocycles. The largest absolute Gasteiger partial charge is 0.376 e. The molecular weight excluding hydrogens is 210 g/mol. The molecule has 0 fully saturated rings. The average Bonchev–Trinajstić information content (AvgIpc) is 2.34. The molecule has 1 atom stereocenters.